The van der Waals surface area contributed by atoms with Crippen molar-refractivity contribution in [3.05, 3.63) is 33.9 Å². The van der Waals surface area contributed by atoms with Gasteiger partial charge in [0.1, 0.15) is 0 Å². The number of rotatable bonds is 5. The molecule has 2 aromatic rings. The fourth-order valence-electron chi connectivity index (χ4n) is 2.20. The summed E-state index contributed by atoms with van der Waals surface area (Å²) in [5.74, 6) is -1.09. The van der Waals surface area contributed by atoms with Crippen LogP contribution in [-0.2, 0) is 11.2 Å². The van der Waals surface area contributed by atoms with Gasteiger partial charge in [-0.2, -0.15) is 0 Å². The number of halogens is 1. The van der Waals surface area contributed by atoms with E-state index in [0.29, 0.717) is 0 Å². The topological polar surface area (TPSA) is 53.0 Å². The predicted octanol–water partition coefficient (Wildman–Crippen LogP) is 3.10. The van der Waals surface area contributed by atoms with E-state index in [9.17, 15) is 9.90 Å². The van der Waals surface area contributed by atoms with Crippen LogP contribution < -0.4 is 5.11 Å². The van der Waals surface area contributed by atoms with Crippen molar-refractivity contribution in [1.29, 1.82) is 0 Å². The molecule has 106 valence electrons. The van der Waals surface area contributed by atoms with Gasteiger partial charge in [-0.3, -0.25) is 4.98 Å². The molecule has 1 aromatic heterocycles. The number of nitrogens with zero attached hydrogens (tertiary/aromatic N) is 1. The molecule has 0 saturated heterocycles. The summed E-state index contributed by atoms with van der Waals surface area (Å²) >= 11 is 4.79. The number of aromatic nitrogens is 1. The van der Waals surface area contributed by atoms with Crippen molar-refractivity contribution in [2.45, 2.75) is 31.6 Å². The van der Waals surface area contributed by atoms with Crippen molar-refractivity contribution in [3.63, 3.8) is 0 Å². The van der Waals surface area contributed by atoms with E-state index in [2.05, 4.69) is 27.8 Å². The van der Waals surface area contributed by atoms with E-state index in [1.165, 1.54) is 11.8 Å². The van der Waals surface area contributed by atoms with Gasteiger partial charge in [0.25, 0.3) is 0 Å². The number of carboxylic acid groups (broad SMARTS) is 1. The largest absolute Gasteiger partial charge is 0.549 e. The molecule has 3 nitrogen and oxygen atoms in total. The van der Waals surface area contributed by atoms with Crippen molar-refractivity contribution < 1.29 is 9.90 Å². The van der Waals surface area contributed by atoms with Gasteiger partial charge in [0.2, 0.25) is 0 Å². The van der Waals surface area contributed by atoms with Gasteiger partial charge in [-0.05, 0) is 37.1 Å². The van der Waals surface area contributed by atoms with Crippen molar-refractivity contribution >= 4 is 44.6 Å². The van der Waals surface area contributed by atoms with E-state index >= 15 is 0 Å². The maximum absolute atomic E-state index is 10.8. The molecule has 0 saturated carbocycles. The Hall–Kier alpha value is -1.07. The first-order chi connectivity index (χ1) is 9.52. The minimum atomic E-state index is -1.05. The lowest BCUT2D eigenvalue weighted by Gasteiger charge is -2.15. The van der Waals surface area contributed by atoms with Gasteiger partial charge in [-0.25, -0.2) is 0 Å². The molecular formula is C15H15BrNO2S-. The number of aryl methyl sites for hydroxylation is 1. The van der Waals surface area contributed by atoms with Crippen LogP contribution in [0.4, 0.5) is 0 Å². The van der Waals surface area contributed by atoms with Crippen LogP contribution in [0.15, 0.2) is 27.6 Å². The molecule has 5 heteroatoms. The van der Waals surface area contributed by atoms with Gasteiger partial charge in [0.15, 0.2) is 0 Å². The number of benzene rings is 1. The van der Waals surface area contributed by atoms with E-state index < -0.39 is 5.97 Å². The molecule has 0 aliphatic rings. The fourth-order valence-corrected chi connectivity index (χ4v) is 3.57. The van der Waals surface area contributed by atoms with E-state index in [4.69, 9.17) is 0 Å². The normalized spacial score (nSPS) is 10.9. The van der Waals surface area contributed by atoms with Crippen LogP contribution in [0.5, 0.6) is 0 Å². The van der Waals surface area contributed by atoms with Crippen LogP contribution in [0.3, 0.4) is 0 Å². The highest BCUT2D eigenvalue weighted by atomic mass is 79.9. The highest BCUT2D eigenvalue weighted by molar-refractivity contribution is 9.10. The summed E-state index contributed by atoms with van der Waals surface area (Å²) in [5.41, 5.74) is 3.01. The first-order valence-corrected chi connectivity index (χ1v) is 8.22. The zero-order chi connectivity index (χ0) is 14.7. The van der Waals surface area contributed by atoms with Gasteiger partial charge in [-0.1, -0.05) is 29.3 Å². The standard InChI is InChI=1S/C15H16BrNO2S/c1-3-4-11-9(2)17-13-6-5-10(16)7-12(13)15(11)20-8-14(18)19/h5-7H,3-4,8H2,1-2H3,(H,18,19)/p-1. The second-order valence-electron chi connectivity index (χ2n) is 4.58. The van der Waals surface area contributed by atoms with Crippen LogP contribution in [0.2, 0.25) is 0 Å². The Morgan fingerprint density at radius 1 is 1.45 bits per heavy atom. The Balaban J connectivity index is 2.63. The molecule has 0 bridgehead atoms. The van der Waals surface area contributed by atoms with Gasteiger partial charge in [-0.15, -0.1) is 11.8 Å². The molecule has 0 spiro atoms. The Morgan fingerprint density at radius 2 is 2.20 bits per heavy atom. The van der Waals surface area contributed by atoms with Crippen LogP contribution >= 0.6 is 27.7 Å². The molecule has 1 aromatic carbocycles. The van der Waals surface area contributed by atoms with Crippen molar-refractivity contribution in [2.24, 2.45) is 0 Å². The first-order valence-electron chi connectivity index (χ1n) is 6.44. The summed E-state index contributed by atoms with van der Waals surface area (Å²) < 4.78 is 0.966. The number of thioether (sulfide) groups is 1. The van der Waals surface area contributed by atoms with Gasteiger partial charge >= 0.3 is 0 Å². The minimum Gasteiger partial charge on any atom is -0.549 e. The summed E-state index contributed by atoms with van der Waals surface area (Å²) in [5, 5.41) is 11.8. The lowest BCUT2D eigenvalue weighted by atomic mass is 10.1. The molecule has 0 fully saturated rings. The minimum absolute atomic E-state index is 0.0399. The van der Waals surface area contributed by atoms with E-state index in [1.54, 1.807) is 0 Å². The molecule has 0 radical (unpaired) electrons. The molecular weight excluding hydrogens is 338 g/mol. The second-order valence-corrected chi connectivity index (χ2v) is 6.48. The maximum atomic E-state index is 10.8. The molecule has 0 aliphatic heterocycles. The SMILES string of the molecule is CCCc1c(C)nc2ccc(Br)cc2c1SCC(=O)[O-]. The Morgan fingerprint density at radius 3 is 2.85 bits per heavy atom. The van der Waals surface area contributed by atoms with Crippen molar-refractivity contribution in [2.75, 3.05) is 5.75 Å². The van der Waals surface area contributed by atoms with E-state index in [0.717, 1.165) is 44.4 Å². The summed E-state index contributed by atoms with van der Waals surface area (Å²) in [6, 6.07) is 5.89. The zero-order valence-corrected chi connectivity index (χ0v) is 13.8. The average Bonchev–Trinajstić information content (AvgIpc) is 2.39. The number of carbonyl (C=O) groups excluding carboxylic acids is 1. The first kappa shape index (κ1) is 15.3. The number of carboxylic acids is 1. The highest BCUT2D eigenvalue weighted by Crippen LogP contribution is 2.34. The van der Waals surface area contributed by atoms with Gasteiger partial charge in [0.05, 0.1) is 11.5 Å². The Bertz CT molecular complexity index is 658. The molecule has 2 rings (SSSR count). The zero-order valence-electron chi connectivity index (χ0n) is 11.4. The lowest BCUT2D eigenvalue weighted by Crippen LogP contribution is -2.24. The lowest BCUT2D eigenvalue weighted by molar-refractivity contribution is -0.301. The van der Waals surface area contributed by atoms with Crippen LogP contribution in [0.25, 0.3) is 10.9 Å². The Labute approximate surface area is 130 Å². The maximum Gasteiger partial charge on any atom is 0.0717 e. The molecule has 1 heterocycles. The number of pyridine rings is 1. The quantitative estimate of drug-likeness (QED) is 0.775. The molecule has 0 N–H and O–H groups in total. The van der Waals surface area contributed by atoms with E-state index in [-0.39, 0.29) is 5.75 Å². The number of hydrogen-bond acceptors (Lipinski definition) is 4. The fraction of sp³-hybridized carbons (Fsp3) is 0.333. The van der Waals surface area contributed by atoms with Crippen LogP contribution in [-0.4, -0.2) is 16.7 Å². The summed E-state index contributed by atoms with van der Waals surface area (Å²) in [6.07, 6.45) is 1.90. The van der Waals surface area contributed by atoms with Crippen molar-refractivity contribution in [1.82, 2.24) is 4.98 Å². The summed E-state index contributed by atoms with van der Waals surface area (Å²) in [4.78, 5) is 16.4. The smallest absolute Gasteiger partial charge is 0.0717 e. The third kappa shape index (κ3) is 3.33. The summed E-state index contributed by atoms with van der Waals surface area (Å²) in [6.45, 7) is 4.09. The number of hydrogen-bond donors (Lipinski definition) is 0. The summed E-state index contributed by atoms with van der Waals surface area (Å²) in [7, 11) is 0. The average molecular weight is 353 g/mol. The predicted molar refractivity (Wildman–Crippen MR) is 83.9 cm³/mol. The molecule has 0 amide bonds. The molecule has 0 unspecified atom stereocenters. The van der Waals surface area contributed by atoms with Crippen molar-refractivity contribution in [3.8, 4) is 0 Å². The van der Waals surface area contributed by atoms with Gasteiger partial charge in [0, 0.05) is 26.2 Å². The number of fused-ring (bicyclic) bond motifs is 1. The highest BCUT2D eigenvalue weighted by Gasteiger charge is 2.13. The second kappa shape index (κ2) is 6.59. The molecule has 0 atom stereocenters. The third-order valence-corrected chi connectivity index (χ3v) is 4.66. The number of aliphatic carboxylic acids is 1. The molecule has 0 aliphatic carbocycles. The van der Waals surface area contributed by atoms with Crippen LogP contribution in [0, 0.1) is 6.92 Å². The Kier molecular flexibility index (Phi) is 5.05. The number of carbonyl (C=O) groups is 1. The van der Waals surface area contributed by atoms with Gasteiger partial charge < -0.3 is 9.90 Å². The van der Waals surface area contributed by atoms with Crippen LogP contribution in [0.1, 0.15) is 24.6 Å². The molecule has 20 heavy (non-hydrogen) atoms. The third-order valence-electron chi connectivity index (χ3n) is 3.04. The monoisotopic (exact) mass is 352 g/mol. The van der Waals surface area contributed by atoms with E-state index in [1.807, 2.05) is 25.1 Å².